The van der Waals surface area contributed by atoms with Crippen molar-refractivity contribution in [1.82, 2.24) is 24.7 Å². The molecule has 0 radical (unpaired) electrons. The van der Waals surface area contributed by atoms with Crippen LogP contribution in [0.2, 0.25) is 5.02 Å². The molecule has 0 saturated heterocycles. The number of ether oxygens (including phenoxy) is 1. The van der Waals surface area contributed by atoms with Crippen molar-refractivity contribution in [3.8, 4) is 11.4 Å². The summed E-state index contributed by atoms with van der Waals surface area (Å²) in [5.74, 6) is 0.0300. The SMILES string of the molecule is O=C(/C=C/n1cnc(-c2cccc(Cl)c2)n1)OCc1cnc[nH]1. The summed E-state index contributed by atoms with van der Waals surface area (Å²) in [6, 6.07) is 7.22. The number of imidazole rings is 1. The molecule has 0 amide bonds. The highest BCUT2D eigenvalue weighted by atomic mass is 35.5. The van der Waals surface area contributed by atoms with Crippen molar-refractivity contribution < 1.29 is 9.53 Å². The monoisotopic (exact) mass is 329 g/mol. The number of hydrogen-bond donors (Lipinski definition) is 1. The Morgan fingerprint density at radius 3 is 3.13 bits per heavy atom. The normalized spacial score (nSPS) is 11.0. The Morgan fingerprint density at radius 2 is 2.35 bits per heavy atom. The molecule has 3 rings (SSSR count). The van der Waals surface area contributed by atoms with Gasteiger partial charge in [0, 0.05) is 22.9 Å². The number of nitrogens with one attached hydrogen (secondary N) is 1. The van der Waals surface area contributed by atoms with Crippen LogP contribution >= 0.6 is 11.6 Å². The summed E-state index contributed by atoms with van der Waals surface area (Å²) in [6.07, 6.45) is 7.34. The van der Waals surface area contributed by atoms with Crippen LogP contribution < -0.4 is 0 Å². The molecule has 116 valence electrons. The van der Waals surface area contributed by atoms with Crippen molar-refractivity contribution >= 4 is 23.8 Å². The van der Waals surface area contributed by atoms with E-state index in [2.05, 4.69) is 20.1 Å². The van der Waals surface area contributed by atoms with E-state index in [0.29, 0.717) is 10.8 Å². The number of carbonyl (C=O) groups excluding carboxylic acids is 1. The first-order valence-electron chi connectivity index (χ1n) is 6.70. The zero-order valence-electron chi connectivity index (χ0n) is 11.9. The van der Waals surface area contributed by atoms with Gasteiger partial charge >= 0.3 is 5.97 Å². The molecule has 0 atom stereocenters. The number of rotatable bonds is 5. The van der Waals surface area contributed by atoms with Gasteiger partial charge in [-0.15, -0.1) is 5.10 Å². The summed E-state index contributed by atoms with van der Waals surface area (Å²) in [5.41, 5.74) is 1.52. The molecular formula is C15H12ClN5O2. The minimum atomic E-state index is -0.487. The number of halogens is 1. The highest BCUT2D eigenvalue weighted by Gasteiger charge is 2.04. The quantitative estimate of drug-likeness (QED) is 0.574. The second-order valence-corrected chi connectivity index (χ2v) is 5.00. The highest BCUT2D eigenvalue weighted by molar-refractivity contribution is 6.30. The molecule has 0 saturated carbocycles. The Balaban J connectivity index is 1.61. The van der Waals surface area contributed by atoms with Crippen molar-refractivity contribution in [2.75, 3.05) is 0 Å². The lowest BCUT2D eigenvalue weighted by Crippen LogP contribution is -2.01. The number of carbonyl (C=O) groups is 1. The summed E-state index contributed by atoms with van der Waals surface area (Å²) in [4.78, 5) is 22.5. The predicted octanol–water partition coefficient (Wildman–Crippen LogP) is 2.54. The van der Waals surface area contributed by atoms with Gasteiger partial charge < -0.3 is 9.72 Å². The van der Waals surface area contributed by atoms with E-state index in [9.17, 15) is 4.79 Å². The predicted molar refractivity (Wildman–Crippen MR) is 84.2 cm³/mol. The molecule has 0 fully saturated rings. The Hall–Kier alpha value is -2.93. The van der Waals surface area contributed by atoms with E-state index in [4.69, 9.17) is 16.3 Å². The Labute approximate surface area is 136 Å². The summed E-state index contributed by atoms with van der Waals surface area (Å²) < 4.78 is 6.46. The number of benzene rings is 1. The van der Waals surface area contributed by atoms with Gasteiger partial charge in [0.15, 0.2) is 5.82 Å². The van der Waals surface area contributed by atoms with Crippen LogP contribution in [0.3, 0.4) is 0 Å². The number of H-pyrrole nitrogens is 1. The van der Waals surface area contributed by atoms with Crippen molar-refractivity contribution in [2.45, 2.75) is 6.61 Å². The third-order valence-corrected chi connectivity index (χ3v) is 3.11. The number of esters is 1. The smallest absolute Gasteiger partial charge is 0.332 e. The van der Waals surface area contributed by atoms with Gasteiger partial charge in [-0.25, -0.2) is 19.4 Å². The maximum Gasteiger partial charge on any atom is 0.332 e. The molecule has 0 unspecified atom stereocenters. The minimum Gasteiger partial charge on any atom is -0.456 e. The maximum absolute atomic E-state index is 11.6. The summed E-state index contributed by atoms with van der Waals surface area (Å²) in [5, 5.41) is 4.85. The average molecular weight is 330 g/mol. The molecule has 7 nitrogen and oxygen atoms in total. The molecule has 0 aliphatic heterocycles. The van der Waals surface area contributed by atoms with Gasteiger partial charge in [0.05, 0.1) is 18.2 Å². The van der Waals surface area contributed by atoms with Crippen LogP contribution in [0, 0.1) is 0 Å². The molecule has 3 aromatic rings. The first-order chi connectivity index (χ1) is 11.2. The van der Waals surface area contributed by atoms with Gasteiger partial charge in [-0.05, 0) is 12.1 Å². The molecule has 2 aromatic heterocycles. The lowest BCUT2D eigenvalue weighted by Gasteiger charge is -1.98. The van der Waals surface area contributed by atoms with Gasteiger partial charge in [0.1, 0.15) is 12.9 Å². The first-order valence-corrected chi connectivity index (χ1v) is 7.08. The summed E-state index contributed by atoms with van der Waals surface area (Å²) in [7, 11) is 0. The van der Waals surface area contributed by atoms with Crippen LogP contribution in [-0.2, 0) is 16.1 Å². The standard InChI is InChI=1S/C15H12ClN5O2/c16-12-3-1-2-11(6-12)15-19-10-21(20-15)5-4-14(22)23-8-13-7-17-9-18-13/h1-7,9-10H,8H2,(H,17,18)/b5-4+. The van der Waals surface area contributed by atoms with Crippen LogP contribution in [-0.4, -0.2) is 30.7 Å². The molecule has 1 aromatic carbocycles. The molecule has 23 heavy (non-hydrogen) atoms. The van der Waals surface area contributed by atoms with E-state index in [-0.39, 0.29) is 6.61 Å². The number of nitrogens with zero attached hydrogens (tertiary/aromatic N) is 4. The zero-order chi connectivity index (χ0) is 16.1. The average Bonchev–Trinajstić information content (AvgIpc) is 3.22. The molecule has 2 heterocycles. The highest BCUT2D eigenvalue weighted by Crippen LogP contribution is 2.18. The van der Waals surface area contributed by atoms with Crippen LogP contribution in [0.5, 0.6) is 0 Å². The topological polar surface area (TPSA) is 85.7 Å². The van der Waals surface area contributed by atoms with Crippen LogP contribution in [0.1, 0.15) is 5.69 Å². The molecular weight excluding hydrogens is 318 g/mol. The molecule has 0 aliphatic carbocycles. The summed E-state index contributed by atoms with van der Waals surface area (Å²) in [6.45, 7) is 0.133. The largest absolute Gasteiger partial charge is 0.456 e. The number of hydrogen-bond acceptors (Lipinski definition) is 5. The van der Waals surface area contributed by atoms with E-state index in [0.717, 1.165) is 11.3 Å². The Kier molecular flexibility index (Phi) is 4.49. The summed E-state index contributed by atoms with van der Waals surface area (Å²) >= 11 is 5.94. The van der Waals surface area contributed by atoms with E-state index >= 15 is 0 Å². The Bertz CT molecular complexity index is 826. The lowest BCUT2D eigenvalue weighted by molar-refractivity contribution is -0.139. The molecule has 8 heteroatoms. The fourth-order valence-electron chi connectivity index (χ4n) is 1.80. The Morgan fingerprint density at radius 1 is 1.43 bits per heavy atom. The van der Waals surface area contributed by atoms with Crippen molar-refractivity contribution in [3.05, 3.63) is 59.9 Å². The van der Waals surface area contributed by atoms with Crippen LogP contribution in [0.15, 0.2) is 49.2 Å². The number of aromatic nitrogens is 5. The van der Waals surface area contributed by atoms with E-state index in [1.165, 1.54) is 29.6 Å². The molecule has 0 aliphatic rings. The third-order valence-electron chi connectivity index (χ3n) is 2.88. The fraction of sp³-hybridized carbons (Fsp3) is 0.0667. The first kappa shape index (κ1) is 15.0. The zero-order valence-corrected chi connectivity index (χ0v) is 12.6. The van der Waals surface area contributed by atoms with Gasteiger partial charge in [-0.2, -0.15) is 0 Å². The van der Waals surface area contributed by atoms with Crippen molar-refractivity contribution in [2.24, 2.45) is 0 Å². The van der Waals surface area contributed by atoms with E-state index < -0.39 is 5.97 Å². The van der Waals surface area contributed by atoms with Gasteiger partial charge in [-0.3, -0.25) is 0 Å². The lowest BCUT2D eigenvalue weighted by atomic mass is 10.2. The van der Waals surface area contributed by atoms with E-state index in [1.54, 1.807) is 18.3 Å². The third kappa shape index (κ3) is 4.04. The molecule has 0 spiro atoms. The van der Waals surface area contributed by atoms with Crippen molar-refractivity contribution in [1.29, 1.82) is 0 Å². The van der Waals surface area contributed by atoms with Crippen LogP contribution in [0.4, 0.5) is 0 Å². The maximum atomic E-state index is 11.6. The van der Waals surface area contributed by atoms with Gasteiger partial charge in [-0.1, -0.05) is 23.7 Å². The van der Waals surface area contributed by atoms with Crippen LogP contribution in [0.25, 0.3) is 17.6 Å². The minimum absolute atomic E-state index is 0.133. The van der Waals surface area contributed by atoms with Gasteiger partial charge in [0.25, 0.3) is 0 Å². The van der Waals surface area contributed by atoms with Crippen molar-refractivity contribution in [3.63, 3.8) is 0 Å². The molecule has 1 N–H and O–H groups in total. The molecule has 0 bridgehead atoms. The fourth-order valence-corrected chi connectivity index (χ4v) is 1.99. The second-order valence-electron chi connectivity index (χ2n) is 4.56. The number of aromatic amines is 1. The van der Waals surface area contributed by atoms with Gasteiger partial charge in [0.2, 0.25) is 0 Å². The second kappa shape index (κ2) is 6.89. The van der Waals surface area contributed by atoms with E-state index in [1.807, 2.05) is 12.1 Å².